The molecule has 56 valence electrons. The van der Waals surface area contributed by atoms with Gasteiger partial charge in [-0.25, -0.2) is 0 Å². The zero-order valence-corrected chi connectivity index (χ0v) is 6.32. The van der Waals surface area contributed by atoms with Gasteiger partial charge < -0.3 is 0 Å². The molecule has 1 amide bonds. The van der Waals surface area contributed by atoms with E-state index in [1.165, 1.54) is 0 Å². The number of nitrogens with zero attached hydrogens (tertiary/aromatic N) is 1. The van der Waals surface area contributed by atoms with E-state index in [0.717, 1.165) is 12.8 Å². The summed E-state index contributed by atoms with van der Waals surface area (Å²) in [6.45, 7) is 0. The second-order valence-corrected chi connectivity index (χ2v) is 2.18. The number of carbonyl (C=O) groups is 1. The fourth-order valence-electron chi connectivity index (χ4n) is 0.505. The topological polar surface area (TPSA) is 52.9 Å². The lowest BCUT2D eigenvalue weighted by molar-refractivity contribution is -0.120. The molecule has 10 heavy (non-hydrogen) atoms. The van der Waals surface area contributed by atoms with Gasteiger partial charge in [-0.1, -0.05) is 0 Å². The molecule has 0 saturated carbocycles. The van der Waals surface area contributed by atoms with E-state index in [2.05, 4.69) is 0 Å². The molecule has 3 nitrogen and oxygen atoms in total. The van der Waals surface area contributed by atoms with Crippen LogP contribution in [0.15, 0.2) is 0 Å². The molecule has 0 spiro atoms. The number of nitriles is 1. The van der Waals surface area contributed by atoms with Gasteiger partial charge in [0, 0.05) is 12.3 Å². The largest absolute Gasteiger partial charge is 0.274 e. The van der Waals surface area contributed by atoms with Gasteiger partial charge in [0.25, 0.3) is 0 Å². The molecule has 0 rings (SSSR count). The zero-order chi connectivity index (χ0) is 7.82. The van der Waals surface area contributed by atoms with Crippen molar-refractivity contribution in [2.75, 3.05) is 5.88 Å². The van der Waals surface area contributed by atoms with Crippen LogP contribution in [0.1, 0.15) is 19.3 Å². The lowest BCUT2D eigenvalue weighted by Crippen LogP contribution is -2.16. The van der Waals surface area contributed by atoms with Crippen molar-refractivity contribution >= 4 is 17.5 Å². The fraction of sp³-hybridized carbons (Fsp3) is 0.667. The van der Waals surface area contributed by atoms with E-state index in [9.17, 15) is 4.79 Å². The Kier molecular flexibility index (Phi) is 5.89. The molecule has 0 atom stereocenters. The minimum atomic E-state index is -0.229. The number of hydrogen-bond acceptors (Lipinski definition) is 2. The number of halogens is 1. The molecule has 0 aliphatic heterocycles. The van der Waals surface area contributed by atoms with Crippen molar-refractivity contribution < 1.29 is 4.79 Å². The SMILES string of the molecule is N#CNC(=O)CCCCCl. The molecule has 0 bridgehead atoms. The maximum atomic E-state index is 10.5. The van der Waals surface area contributed by atoms with Gasteiger partial charge in [0.2, 0.25) is 5.91 Å². The van der Waals surface area contributed by atoms with Crippen molar-refractivity contribution in [3.8, 4) is 6.19 Å². The highest BCUT2D eigenvalue weighted by Crippen LogP contribution is 1.95. The Morgan fingerprint density at radius 3 is 2.80 bits per heavy atom. The third-order valence-electron chi connectivity index (χ3n) is 0.983. The first-order chi connectivity index (χ1) is 4.81. The van der Waals surface area contributed by atoms with E-state index >= 15 is 0 Å². The van der Waals surface area contributed by atoms with Crippen LogP contribution in [0.5, 0.6) is 0 Å². The molecule has 0 saturated heterocycles. The van der Waals surface area contributed by atoms with Crippen LogP contribution in [0.25, 0.3) is 0 Å². The number of unbranched alkanes of at least 4 members (excludes halogenated alkanes) is 1. The van der Waals surface area contributed by atoms with E-state index in [1.807, 2.05) is 5.32 Å². The molecule has 0 fully saturated rings. The molecule has 0 radical (unpaired) electrons. The Morgan fingerprint density at radius 1 is 1.60 bits per heavy atom. The van der Waals surface area contributed by atoms with Crippen LogP contribution in [-0.2, 0) is 4.79 Å². The average Bonchev–Trinajstić information content (AvgIpc) is 1.89. The highest BCUT2D eigenvalue weighted by molar-refractivity contribution is 6.17. The molecular weight excluding hydrogens is 152 g/mol. The summed E-state index contributed by atoms with van der Waals surface area (Å²) in [4.78, 5) is 10.5. The summed E-state index contributed by atoms with van der Waals surface area (Å²) in [5.41, 5.74) is 0. The Bertz CT molecular complexity index is 141. The number of hydrogen-bond donors (Lipinski definition) is 1. The standard InChI is InChI=1S/C6H9ClN2O/c7-4-2-1-3-6(10)9-5-8/h1-4H2,(H,9,10). The van der Waals surface area contributed by atoms with Gasteiger partial charge in [-0.05, 0) is 12.8 Å². The van der Waals surface area contributed by atoms with Crippen LogP contribution >= 0.6 is 11.6 Å². The molecule has 0 heterocycles. The predicted molar refractivity (Wildman–Crippen MR) is 38.3 cm³/mol. The van der Waals surface area contributed by atoms with Crippen molar-refractivity contribution in [2.24, 2.45) is 0 Å². The van der Waals surface area contributed by atoms with Gasteiger partial charge in [0.05, 0.1) is 0 Å². The van der Waals surface area contributed by atoms with Crippen LogP contribution in [0, 0.1) is 11.5 Å². The third kappa shape index (κ3) is 5.39. The maximum Gasteiger partial charge on any atom is 0.232 e. The van der Waals surface area contributed by atoms with E-state index in [4.69, 9.17) is 16.9 Å². The number of rotatable bonds is 4. The summed E-state index contributed by atoms with van der Waals surface area (Å²) in [7, 11) is 0. The molecule has 0 aromatic carbocycles. The molecule has 1 N–H and O–H groups in total. The summed E-state index contributed by atoms with van der Waals surface area (Å²) < 4.78 is 0. The van der Waals surface area contributed by atoms with Crippen molar-refractivity contribution in [2.45, 2.75) is 19.3 Å². The summed E-state index contributed by atoms with van der Waals surface area (Å²) in [6, 6.07) is 0. The second-order valence-electron chi connectivity index (χ2n) is 1.81. The summed E-state index contributed by atoms with van der Waals surface area (Å²) in [5.74, 6) is 0.340. The number of nitrogens with one attached hydrogen (secondary N) is 1. The molecule has 0 aromatic heterocycles. The fourth-order valence-corrected chi connectivity index (χ4v) is 0.694. The Hall–Kier alpha value is -0.750. The summed E-state index contributed by atoms with van der Waals surface area (Å²) >= 11 is 5.37. The van der Waals surface area contributed by atoms with Crippen LogP contribution in [-0.4, -0.2) is 11.8 Å². The quantitative estimate of drug-likeness (QED) is 0.289. The van der Waals surface area contributed by atoms with E-state index in [0.29, 0.717) is 12.3 Å². The van der Waals surface area contributed by atoms with Gasteiger partial charge in [0.15, 0.2) is 6.19 Å². The van der Waals surface area contributed by atoms with Gasteiger partial charge in [-0.2, -0.15) is 5.26 Å². The van der Waals surface area contributed by atoms with Crippen molar-refractivity contribution in [3.63, 3.8) is 0 Å². The number of alkyl halides is 1. The number of amides is 1. The minimum Gasteiger partial charge on any atom is -0.274 e. The maximum absolute atomic E-state index is 10.5. The van der Waals surface area contributed by atoms with Gasteiger partial charge in [0.1, 0.15) is 0 Å². The van der Waals surface area contributed by atoms with E-state index in [-0.39, 0.29) is 5.91 Å². The molecule has 0 aliphatic carbocycles. The smallest absolute Gasteiger partial charge is 0.232 e. The van der Waals surface area contributed by atoms with Gasteiger partial charge >= 0.3 is 0 Å². The Morgan fingerprint density at radius 2 is 2.30 bits per heavy atom. The van der Waals surface area contributed by atoms with E-state index < -0.39 is 0 Å². The zero-order valence-electron chi connectivity index (χ0n) is 5.56. The molecule has 0 aliphatic rings. The van der Waals surface area contributed by atoms with Crippen molar-refractivity contribution in [1.29, 1.82) is 5.26 Å². The Balaban J connectivity index is 3.15. The average molecular weight is 161 g/mol. The first kappa shape index (κ1) is 9.25. The van der Waals surface area contributed by atoms with Crippen LogP contribution in [0.3, 0.4) is 0 Å². The monoisotopic (exact) mass is 160 g/mol. The van der Waals surface area contributed by atoms with E-state index in [1.54, 1.807) is 6.19 Å². The molecule has 0 aromatic rings. The normalized spacial score (nSPS) is 8.40. The molecular formula is C6H9ClN2O. The second kappa shape index (κ2) is 6.37. The lowest BCUT2D eigenvalue weighted by Gasteiger charge is -1.93. The van der Waals surface area contributed by atoms with Crippen molar-refractivity contribution in [1.82, 2.24) is 5.32 Å². The highest BCUT2D eigenvalue weighted by atomic mass is 35.5. The first-order valence-electron chi connectivity index (χ1n) is 3.05. The third-order valence-corrected chi connectivity index (χ3v) is 1.25. The van der Waals surface area contributed by atoms with Gasteiger partial charge in [-0.15, -0.1) is 11.6 Å². The van der Waals surface area contributed by atoms with Crippen LogP contribution < -0.4 is 5.32 Å². The van der Waals surface area contributed by atoms with Crippen molar-refractivity contribution in [3.05, 3.63) is 0 Å². The predicted octanol–water partition coefficient (Wildman–Crippen LogP) is 0.993. The minimum absolute atomic E-state index is 0.229. The highest BCUT2D eigenvalue weighted by Gasteiger charge is 1.97. The molecule has 0 unspecified atom stereocenters. The summed E-state index contributed by atoms with van der Waals surface area (Å²) in [5, 5.41) is 10.0. The first-order valence-corrected chi connectivity index (χ1v) is 3.58. The number of carbonyl (C=O) groups excluding carboxylic acids is 1. The lowest BCUT2D eigenvalue weighted by atomic mass is 10.2. The van der Waals surface area contributed by atoms with Gasteiger partial charge in [-0.3, -0.25) is 10.1 Å². The molecule has 4 heteroatoms. The van der Waals surface area contributed by atoms with Crippen LogP contribution in [0.2, 0.25) is 0 Å². The Labute approximate surface area is 65.0 Å². The van der Waals surface area contributed by atoms with Crippen LogP contribution in [0.4, 0.5) is 0 Å². The summed E-state index contributed by atoms with van der Waals surface area (Å²) in [6.07, 6.45) is 3.52.